The maximum absolute atomic E-state index is 12.1. The number of hydrogen-bond donors (Lipinski definition) is 0. The van der Waals surface area contributed by atoms with Gasteiger partial charge in [0, 0.05) is 19.5 Å². The van der Waals surface area contributed by atoms with E-state index in [1.807, 2.05) is 0 Å². The van der Waals surface area contributed by atoms with Gasteiger partial charge in [-0.3, -0.25) is 14.2 Å². The molecule has 0 saturated heterocycles. The molecule has 1 aromatic rings. The van der Waals surface area contributed by atoms with Crippen LogP contribution in [0.3, 0.4) is 0 Å². The zero-order chi connectivity index (χ0) is 14.2. The molecule has 0 amide bonds. The molecule has 0 fully saturated rings. The molecule has 1 aliphatic heterocycles. The Morgan fingerprint density at radius 2 is 2.21 bits per heavy atom. The zero-order valence-corrected chi connectivity index (χ0v) is 11.8. The van der Waals surface area contributed by atoms with Crippen molar-refractivity contribution in [2.45, 2.75) is 25.5 Å². The van der Waals surface area contributed by atoms with Gasteiger partial charge in [-0.05, 0) is 15.9 Å². The summed E-state index contributed by atoms with van der Waals surface area (Å²) in [5.41, 5.74) is -0.407. The predicted molar refractivity (Wildman–Crippen MR) is 66.4 cm³/mol. The van der Waals surface area contributed by atoms with Gasteiger partial charge in [0.2, 0.25) is 0 Å². The number of fused-ring (bicyclic) bond motifs is 1. The van der Waals surface area contributed by atoms with Crippen molar-refractivity contribution in [1.82, 2.24) is 9.55 Å². The first kappa shape index (κ1) is 13.7. The maximum Gasteiger partial charge on any atom is 0.329 e. The lowest BCUT2D eigenvalue weighted by Gasteiger charge is -2.10. The summed E-state index contributed by atoms with van der Waals surface area (Å²) < 4.78 is 11.2. The molecular weight excluding hydrogens is 320 g/mol. The van der Waals surface area contributed by atoms with Crippen LogP contribution in [0.5, 0.6) is 0 Å². The Bertz CT molecular complexity index is 597. The van der Waals surface area contributed by atoms with Crippen molar-refractivity contribution in [3.63, 3.8) is 0 Å². The van der Waals surface area contributed by atoms with Crippen LogP contribution in [-0.4, -0.2) is 28.6 Å². The van der Waals surface area contributed by atoms with E-state index in [0.717, 1.165) is 0 Å². The Morgan fingerprint density at radius 3 is 2.79 bits per heavy atom. The molecule has 2 heterocycles. The minimum absolute atomic E-state index is 0.144. The standard InChI is InChI=1S/C11H11BrN2O5/c1-5(15)19-8-3-7(11(17)18-2)14-9(8)13-4-6(12)10(14)16/h4,7-8H,3H2,1-2H3/t7-,8?/m0/s1. The average molecular weight is 331 g/mol. The van der Waals surface area contributed by atoms with E-state index in [1.54, 1.807) is 0 Å². The fourth-order valence-corrected chi connectivity index (χ4v) is 2.34. The molecule has 8 heteroatoms. The van der Waals surface area contributed by atoms with Gasteiger partial charge in [0.15, 0.2) is 11.9 Å². The van der Waals surface area contributed by atoms with E-state index < -0.39 is 29.6 Å². The van der Waals surface area contributed by atoms with Gasteiger partial charge in [-0.1, -0.05) is 0 Å². The number of rotatable bonds is 2. The Balaban J connectivity index is 2.52. The average Bonchev–Trinajstić information content (AvgIpc) is 2.71. The molecule has 0 spiro atoms. The number of carbonyl (C=O) groups excluding carboxylic acids is 2. The number of nitrogens with zero attached hydrogens (tertiary/aromatic N) is 2. The first-order chi connectivity index (χ1) is 8.95. The molecule has 2 atom stereocenters. The first-order valence-electron chi connectivity index (χ1n) is 5.47. The topological polar surface area (TPSA) is 87.5 Å². The van der Waals surface area contributed by atoms with Gasteiger partial charge in [-0.15, -0.1) is 0 Å². The Morgan fingerprint density at radius 1 is 1.53 bits per heavy atom. The molecule has 1 aliphatic rings. The summed E-state index contributed by atoms with van der Waals surface area (Å²) in [4.78, 5) is 38.9. The van der Waals surface area contributed by atoms with Crippen LogP contribution in [0.25, 0.3) is 0 Å². The molecule has 0 radical (unpaired) electrons. The van der Waals surface area contributed by atoms with Crippen molar-refractivity contribution in [2.24, 2.45) is 0 Å². The summed E-state index contributed by atoms with van der Waals surface area (Å²) in [7, 11) is 1.23. The van der Waals surface area contributed by atoms with E-state index in [-0.39, 0.29) is 16.7 Å². The largest absolute Gasteiger partial charge is 0.467 e. The minimum Gasteiger partial charge on any atom is -0.467 e. The molecule has 102 valence electrons. The van der Waals surface area contributed by atoms with Crippen LogP contribution in [0.15, 0.2) is 15.5 Å². The van der Waals surface area contributed by atoms with Crippen LogP contribution in [0.2, 0.25) is 0 Å². The second kappa shape index (κ2) is 5.12. The zero-order valence-electron chi connectivity index (χ0n) is 10.3. The predicted octanol–water partition coefficient (Wildman–Crippen LogP) is 0.728. The van der Waals surface area contributed by atoms with E-state index in [2.05, 4.69) is 25.7 Å². The van der Waals surface area contributed by atoms with Crippen molar-refractivity contribution >= 4 is 27.9 Å². The molecule has 1 aromatic heterocycles. The van der Waals surface area contributed by atoms with Crippen LogP contribution in [0, 0.1) is 0 Å². The van der Waals surface area contributed by atoms with Gasteiger partial charge in [-0.25, -0.2) is 9.78 Å². The highest BCUT2D eigenvalue weighted by Gasteiger charge is 2.40. The van der Waals surface area contributed by atoms with E-state index >= 15 is 0 Å². The number of methoxy groups -OCH3 is 1. The van der Waals surface area contributed by atoms with Gasteiger partial charge < -0.3 is 9.47 Å². The molecule has 0 aliphatic carbocycles. The quantitative estimate of drug-likeness (QED) is 0.743. The second-order valence-corrected chi connectivity index (χ2v) is 4.87. The molecule has 2 rings (SSSR count). The normalized spacial score (nSPS) is 20.8. The van der Waals surface area contributed by atoms with Crippen molar-refractivity contribution in [1.29, 1.82) is 0 Å². The minimum atomic E-state index is -0.832. The third-order valence-electron chi connectivity index (χ3n) is 2.80. The summed E-state index contributed by atoms with van der Waals surface area (Å²) in [6.07, 6.45) is 0.748. The summed E-state index contributed by atoms with van der Waals surface area (Å²) >= 11 is 3.06. The van der Waals surface area contributed by atoms with Crippen LogP contribution >= 0.6 is 15.9 Å². The Hall–Kier alpha value is -1.70. The SMILES string of the molecule is COC(=O)[C@@H]1CC(OC(C)=O)c2ncc(Br)c(=O)n21. The van der Waals surface area contributed by atoms with Crippen molar-refractivity contribution in [3.05, 3.63) is 26.8 Å². The lowest BCUT2D eigenvalue weighted by atomic mass is 10.2. The third-order valence-corrected chi connectivity index (χ3v) is 3.34. The van der Waals surface area contributed by atoms with Crippen LogP contribution < -0.4 is 5.56 Å². The molecule has 1 unspecified atom stereocenters. The Labute approximate surface area is 116 Å². The molecular formula is C11H11BrN2O5. The number of hydrogen-bond acceptors (Lipinski definition) is 6. The van der Waals surface area contributed by atoms with E-state index in [0.29, 0.717) is 0 Å². The number of esters is 2. The highest BCUT2D eigenvalue weighted by atomic mass is 79.9. The highest BCUT2D eigenvalue weighted by Crippen LogP contribution is 2.35. The summed E-state index contributed by atoms with van der Waals surface area (Å²) in [5, 5.41) is 0. The van der Waals surface area contributed by atoms with Gasteiger partial charge in [0.25, 0.3) is 5.56 Å². The molecule has 7 nitrogen and oxygen atoms in total. The van der Waals surface area contributed by atoms with Gasteiger partial charge in [0.05, 0.1) is 7.11 Å². The van der Waals surface area contributed by atoms with E-state index in [9.17, 15) is 14.4 Å². The molecule has 0 aromatic carbocycles. The molecule has 0 N–H and O–H groups in total. The summed E-state index contributed by atoms with van der Waals surface area (Å²) in [5.74, 6) is -0.823. The summed E-state index contributed by atoms with van der Waals surface area (Å²) in [6, 6.07) is -0.832. The smallest absolute Gasteiger partial charge is 0.329 e. The monoisotopic (exact) mass is 330 g/mol. The number of halogens is 1. The maximum atomic E-state index is 12.1. The first-order valence-corrected chi connectivity index (χ1v) is 6.27. The fraction of sp³-hybridized carbons (Fsp3) is 0.455. The van der Waals surface area contributed by atoms with Crippen LogP contribution in [-0.2, 0) is 19.1 Å². The van der Waals surface area contributed by atoms with Crippen molar-refractivity contribution in [3.8, 4) is 0 Å². The highest BCUT2D eigenvalue weighted by molar-refractivity contribution is 9.10. The van der Waals surface area contributed by atoms with Crippen LogP contribution in [0.1, 0.15) is 31.3 Å². The van der Waals surface area contributed by atoms with Crippen LogP contribution in [0.4, 0.5) is 0 Å². The Kier molecular flexibility index (Phi) is 3.70. The molecule has 0 bridgehead atoms. The van der Waals surface area contributed by atoms with E-state index in [1.165, 1.54) is 24.8 Å². The number of aromatic nitrogens is 2. The van der Waals surface area contributed by atoms with Crippen molar-refractivity contribution in [2.75, 3.05) is 7.11 Å². The number of ether oxygens (including phenoxy) is 2. The van der Waals surface area contributed by atoms with E-state index in [4.69, 9.17) is 4.74 Å². The summed E-state index contributed by atoms with van der Waals surface area (Å²) in [6.45, 7) is 1.26. The molecule has 0 saturated carbocycles. The van der Waals surface area contributed by atoms with Gasteiger partial charge >= 0.3 is 11.9 Å². The van der Waals surface area contributed by atoms with Crippen molar-refractivity contribution < 1.29 is 19.1 Å². The lowest BCUT2D eigenvalue weighted by molar-refractivity contribution is -0.150. The third kappa shape index (κ3) is 2.40. The molecule has 19 heavy (non-hydrogen) atoms. The number of carbonyl (C=O) groups is 2. The second-order valence-electron chi connectivity index (χ2n) is 4.01. The lowest BCUT2D eigenvalue weighted by Crippen LogP contribution is -2.29. The fourth-order valence-electron chi connectivity index (χ4n) is 2.05. The van der Waals surface area contributed by atoms with Gasteiger partial charge in [-0.2, -0.15) is 0 Å². The van der Waals surface area contributed by atoms with Gasteiger partial charge in [0.1, 0.15) is 10.5 Å².